The van der Waals surface area contributed by atoms with Crippen molar-refractivity contribution in [2.45, 2.75) is 53.1 Å². The molecule has 0 spiro atoms. The average molecular weight is 416 g/mol. The van der Waals surface area contributed by atoms with Gasteiger partial charge >= 0.3 is 12.1 Å². The van der Waals surface area contributed by atoms with E-state index in [0.717, 1.165) is 0 Å². The number of hydrogen-bond donors (Lipinski definition) is 0. The van der Waals surface area contributed by atoms with Gasteiger partial charge in [-0.15, -0.1) is 0 Å². The minimum Gasteiger partial charge on any atom is -0.444 e. The van der Waals surface area contributed by atoms with Crippen molar-refractivity contribution in [3.8, 4) is 0 Å². The highest BCUT2D eigenvalue weighted by Crippen LogP contribution is 2.37. The van der Waals surface area contributed by atoms with E-state index in [1.807, 2.05) is 20.8 Å². The summed E-state index contributed by atoms with van der Waals surface area (Å²) in [6, 6.07) is 6.36. The molecule has 1 fully saturated rings. The molecule has 1 aromatic carbocycles. The van der Waals surface area contributed by atoms with E-state index in [9.17, 15) is 19.2 Å². The number of carbonyl (C=O) groups is 4. The van der Waals surface area contributed by atoms with Crippen LogP contribution in [0.25, 0.3) is 0 Å². The first-order valence-electron chi connectivity index (χ1n) is 10.1. The van der Waals surface area contributed by atoms with Gasteiger partial charge < -0.3 is 14.5 Å². The Bertz CT molecular complexity index is 843. The van der Waals surface area contributed by atoms with Crippen molar-refractivity contribution in [2.75, 3.05) is 13.1 Å². The normalized spacial score (nSPS) is 17.8. The SMILES string of the molecule is CC(C)(C)OC(=O)N1CCC(C(C)(C)C(=O)ON2C(=O)c3ccccc3C2=O)CC1. The maximum Gasteiger partial charge on any atom is 0.410 e. The molecule has 0 atom stereocenters. The van der Waals surface area contributed by atoms with Crippen molar-refractivity contribution in [2.24, 2.45) is 11.3 Å². The lowest BCUT2D eigenvalue weighted by molar-refractivity contribution is -0.183. The molecule has 2 heterocycles. The monoisotopic (exact) mass is 416 g/mol. The van der Waals surface area contributed by atoms with Gasteiger partial charge in [-0.3, -0.25) is 9.59 Å². The van der Waals surface area contributed by atoms with Gasteiger partial charge in [0.05, 0.1) is 16.5 Å². The van der Waals surface area contributed by atoms with Crippen LogP contribution in [0.5, 0.6) is 0 Å². The number of carbonyl (C=O) groups excluding carboxylic acids is 4. The molecule has 0 radical (unpaired) electrons. The summed E-state index contributed by atoms with van der Waals surface area (Å²) in [6.07, 6.45) is 0.805. The van der Waals surface area contributed by atoms with Crippen molar-refractivity contribution in [1.29, 1.82) is 0 Å². The highest BCUT2D eigenvalue weighted by atomic mass is 16.7. The number of fused-ring (bicyclic) bond motifs is 1. The highest BCUT2D eigenvalue weighted by molar-refractivity contribution is 6.20. The molecular weight excluding hydrogens is 388 g/mol. The number of ether oxygens (including phenoxy) is 1. The van der Waals surface area contributed by atoms with Crippen LogP contribution in [0.4, 0.5) is 4.79 Å². The smallest absolute Gasteiger partial charge is 0.410 e. The molecular formula is C22H28N2O6. The Morgan fingerprint density at radius 3 is 1.90 bits per heavy atom. The largest absolute Gasteiger partial charge is 0.444 e. The summed E-state index contributed by atoms with van der Waals surface area (Å²) in [5, 5.41) is 0.546. The van der Waals surface area contributed by atoms with Gasteiger partial charge in [-0.25, -0.2) is 9.59 Å². The Kier molecular flexibility index (Phi) is 5.62. The van der Waals surface area contributed by atoms with Crippen LogP contribution in [0.15, 0.2) is 24.3 Å². The number of hydroxylamine groups is 2. The summed E-state index contributed by atoms with van der Waals surface area (Å²) >= 11 is 0. The number of piperidine rings is 1. The van der Waals surface area contributed by atoms with Gasteiger partial charge in [0.15, 0.2) is 0 Å². The first kappa shape index (κ1) is 21.8. The summed E-state index contributed by atoms with van der Waals surface area (Å²) in [7, 11) is 0. The molecule has 0 saturated carbocycles. The third kappa shape index (κ3) is 4.17. The number of imide groups is 1. The van der Waals surface area contributed by atoms with Gasteiger partial charge in [0.2, 0.25) is 0 Å². The Hall–Kier alpha value is -2.90. The number of amides is 3. The van der Waals surface area contributed by atoms with Crippen molar-refractivity contribution in [3.05, 3.63) is 35.4 Å². The van der Waals surface area contributed by atoms with Crippen LogP contribution >= 0.6 is 0 Å². The Morgan fingerprint density at radius 1 is 0.933 bits per heavy atom. The molecule has 2 aliphatic heterocycles. The molecule has 8 heteroatoms. The third-order valence-corrected chi connectivity index (χ3v) is 5.62. The molecule has 0 aromatic heterocycles. The fourth-order valence-corrected chi connectivity index (χ4v) is 3.73. The molecule has 30 heavy (non-hydrogen) atoms. The fraction of sp³-hybridized carbons (Fsp3) is 0.545. The molecule has 0 N–H and O–H groups in total. The molecule has 0 unspecified atom stereocenters. The van der Waals surface area contributed by atoms with Crippen LogP contribution < -0.4 is 0 Å². The summed E-state index contributed by atoms with van der Waals surface area (Å²) in [4.78, 5) is 56.9. The minimum atomic E-state index is -0.935. The molecule has 0 aliphatic carbocycles. The van der Waals surface area contributed by atoms with E-state index >= 15 is 0 Å². The van der Waals surface area contributed by atoms with Crippen LogP contribution in [0.3, 0.4) is 0 Å². The predicted molar refractivity (Wildman–Crippen MR) is 107 cm³/mol. The van der Waals surface area contributed by atoms with Gasteiger partial charge in [-0.05, 0) is 65.5 Å². The number of likely N-dealkylation sites (tertiary alicyclic amines) is 1. The zero-order valence-electron chi connectivity index (χ0n) is 18.1. The molecule has 1 aromatic rings. The van der Waals surface area contributed by atoms with Gasteiger partial charge in [-0.2, -0.15) is 0 Å². The van der Waals surface area contributed by atoms with E-state index in [4.69, 9.17) is 9.57 Å². The molecule has 0 bridgehead atoms. The fourth-order valence-electron chi connectivity index (χ4n) is 3.73. The number of rotatable bonds is 3. The summed E-state index contributed by atoms with van der Waals surface area (Å²) in [6.45, 7) is 9.84. The number of hydrogen-bond acceptors (Lipinski definition) is 6. The van der Waals surface area contributed by atoms with Crippen molar-refractivity contribution >= 4 is 23.9 Å². The summed E-state index contributed by atoms with van der Waals surface area (Å²) in [5.41, 5.74) is -1.06. The minimum absolute atomic E-state index is 0.0705. The summed E-state index contributed by atoms with van der Waals surface area (Å²) < 4.78 is 5.40. The van der Waals surface area contributed by atoms with Crippen molar-refractivity contribution in [3.63, 3.8) is 0 Å². The second-order valence-electron chi connectivity index (χ2n) is 9.29. The number of nitrogens with zero attached hydrogens (tertiary/aromatic N) is 2. The second-order valence-corrected chi connectivity index (χ2v) is 9.29. The maximum atomic E-state index is 12.9. The molecule has 1 saturated heterocycles. The van der Waals surface area contributed by atoms with E-state index < -0.39 is 28.8 Å². The van der Waals surface area contributed by atoms with E-state index in [1.165, 1.54) is 12.1 Å². The lowest BCUT2D eigenvalue weighted by Gasteiger charge is -2.39. The topological polar surface area (TPSA) is 93.2 Å². The van der Waals surface area contributed by atoms with Gasteiger partial charge in [-0.1, -0.05) is 17.2 Å². The number of benzene rings is 1. The zero-order valence-corrected chi connectivity index (χ0v) is 18.1. The lowest BCUT2D eigenvalue weighted by Crippen LogP contribution is -2.47. The quantitative estimate of drug-likeness (QED) is 0.701. The second kappa shape index (κ2) is 7.74. The summed E-state index contributed by atoms with van der Waals surface area (Å²) in [5.74, 6) is -1.99. The van der Waals surface area contributed by atoms with E-state index in [2.05, 4.69) is 0 Å². The van der Waals surface area contributed by atoms with Crippen LogP contribution in [-0.4, -0.2) is 52.5 Å². The molecule has 162 valence electrons. The van der Waals surface area contributed by atoms with Gasteiger partial charge in [0.1, 0.15) is 5.60 Å². The first-order chi connectivity index (χ1) is 13.9. The van der Waals surface area contributed by atoms with E-state index in [1.54, 1.807) is 30.9 Å². The third-order valence-electron chi connectivity index (χ3n) is 5.62. The van der Waals surface area contributed by atoms with Crippen LogP contribution in [0.1, 0.15) is 68.2 Å². The molecule has 8 nitrogen and oxygen atoms in total. The van der Waals surface area contributed by atoms with Crippen LogP contribution in [0.2, 0.25) is 0 Å². The first-order valence-corrected chi connectivity index (χ1v) is 10.1. The van der Waals surface area contributed by atoms with E-state index in [0.29, 0.717) is 31.0 Å². The standard InChI is InChI=1S/C22H28N2O6/c1-21(2,3)29-20(28)23-12-10-14(11-13-23)22(4,5)19(27)30-24-17(25)15-8-6-7-9-16(15)18(24)26/h6-9,14H,10-13H2,1-5H3. The molecule has 2 aliphatic rings. The molecule has 3 rings (SSSR count). The lowest BCUT2D eigenvalue weighted by atomic mass is 9.74. The Balaban J connectivity index is 1.61. The van der Waals surface area contributed by atoms with Crippen molar-refractivity contribution < 1.29 is 28.8 Å². The van der Waals surface area contributed by atoms with Gasteiger partial charge in [0.25, 0.3) is 11.8 Å². The average Bonchev–Trinajstić information content (AvgIpc) is 2.92. The Labute approximate surface area is 176 Å². The molecule has 3 amide bonds. The predicted octanol–water partition coefficient (Wildman–Crippen LogP) is 3.41. The highest BCUT2D eigenvalue weighted by Gasteiger charge is 2.45. The zero-order chi connectivity index (χ0) is 22.3. The van der Waals surface area contributed by atoms with Gasteiger partial charge in [0, 0.05) is 13.1 Å². The van der Waals surface area contributed by atoms with E-state index in [-0.39, 0.29) is 23.1 Å². The maximum absolute atomic E-state index is 12.9. The van der Waals surface area contributed by atoms with Crippen LogP contribution in [0, 0.1) is 11.3 Å². The van der Waals surface area contributed by atoms with Crippen molar-refractivity contribution in [1.82, 2.24) is 9.96 Å². The van der Waals surface area contributed by atoms with Crippen LogP contribution in [-0.2, 0) is 14.4 Å². The Morgan fingerprint density at radius 2 is 1.43 bits per heavy atom.